The molecule has 1 aliphatic heterocycles. The third-order valence-electron chi connectivity index (χ3n) is 5.45. The van der Waals surface area contributed by atoms with E-state index in [9.17, 15) is 31.9 Å². The lowest BCUT2D eigenvalue weighted by molar-refractivity contribution is -0.237. The number of rotatable bonds is 4. The van der Waals surface area contributed by atoms with Crippen molar-refractivity contribution in [3.05, 3.63) is 62.3 Å². The number of halogens is 4. The summed E-state index contributed by atoms with van der Waals surface area (Å²) in [4.78, 5) is 41.3. The van der Waals surface area contributed by atoms with Gasteiger partial charge in [-0.2, -0.15) is 18.3 Å². The molecular weight excluding hydrogens is 448 g/mol. The Hall–Kier alpha value is -3.28. The average molecular weight is 470 g/mol. The predicted octanol–water partition coefficient (Wildman–Crippen LogP) is 2.29. The molecule has 178 valence electrons. The van der Waals surface area contributed by atoms with E-state index in [0.29, 0.717) is 22.4 Å². The molecule has 33 heavy (non-hydrogen) atoms. The van der Waals surface area contributed by atoms with Crippen molar-refractivity contribution in [1.82, 2.24) is 20.2 Å². The number of alkyl halides is 3. The molecule has 1 saturated heterocycles. The number of nitrogens with zero attached hydrogens (tertiary/aromatic N) is 3. The zero-order valence-corrected chi connectivity index (χ0v) is 18.0. The molecule has 0 spiro atoms. The second kappa shape index (κ2) is 9.69. The van der Waals surface area contributed by atoms with Gasteiger partial charge in [0.1, 0.15) is 5.82 Å². The highest BCUT2D eigenvalue weighted by Gasteiger charge is 2.42. The first-order valence-corrected chi connectivity index (χ1v) is 10.1. The monoisotopic (exact) mass is 470 g/mol. The van der Waals surface area contributed by atoms with Gasteiger partial charge in [-0.05, 0) is 43.5 Å². The molecule has 0 aliphatic carbocycles. The van der Waals surface area contributed by atoms with Gasteiger partial charge >= 0.3 is 12.1 Å². The van der Waals surface area contributed by atoms with Crippen LogP contribution >= 0.6 is 0 Å². The largest absolute Gasteiger partial charge is 0.492 e. The van der Waals surface area contributed by atoms with Gasteiger partial charge in [0, 0.05) is 31.6 Å². The van der Waals surface area contributed by atoms with Gasteiger partial charge in [0.05, 0.1) is 17.8 Å². The van der Waals surface area contributed by atoms with Gasteiger partial charge in [-0.15, -0.1) is 5.06 Å². The first-order chi connectivity index (χ1) is 15.5. The van der Waals surface area contributed by atoms with Gasteiger partial charge < -0.3 is 9.74 Å². The highest BCUT2D eigenvalue weighted by molar-refractivity contribution is 5.94. The molecule has 12 heteroatoms. The SMILES string of the molecule is Cc1c(Cc2ccc(F)c(C(=O)N3CCCN(OC(=O)C(F)(F)F)CC3)c2)n[nH]c(=O)c1C. The van der Waals surface area contributed by atoms with Crippen molar-refractivity contribution in [2.75, 3.05) is 26.2 Å². The van der Waals surface area contributed by atoms with E-state index in [1.54, 1.807) is 13.8 Å². The third kappa shape index (κ3) is 5.75. The number of aromatic amines is 1. The molecule has 1 aromatic heterocycles. The van der Waals surface area contributed by atoms with Crippen LogP contribution in [-0.4, -0.2) is 64.4 Å². The standard InChI is InChI=1S/C21H22F4N4O4/c1-12-13(2)18(30)27-26-17(12)11-14-4-5-16(22)15(10-14)19(31)28-6-3-7-29(9-8-28)33-20(32)21(23,24)25/h4-5,10H,3,6-9,11H2,1-2H3,(H,27,30). The van der Waals surface area contributed by atoms with Crippen LogP contribution in [0, 0.1) is 19.7 Å². The lowest BCUT2D eigenvalue weighted by Gasteiger charge is -2.22. The summed E-state index contributed by atoms with van der Waals surface area (Å²) in [6.45, 7) is 3.37. The molecule has 1 aliphatic rings. The van der Waals surface area contributed by atoms with E-state index in [1.807, 2.05) is 0 Å². The van der Waals surface area contributed by atoms with Crippen LogP contribution in [0.2, 0.25) is 0 Å². The van der Waals surface area contributed by atoms with E-state index in [2.05, 4.69) is 15.0 Å². The van der Waals surface area contributed by atoms with Crippen LogP contribution in [-0.2, 0) is 16.1 Å². The van der Waals surface area contributed by atoms with Crippen LogP contribution in [0.5, 0.6) is 0 Å². The fourth-order valence-corrected chi connectivity index (χ4v) is 3.41. The van der Waals surface area contributed by atoms with E-state index in [-0.39, 0.29) is 50.1 Å². The van der Waals surface area contributed by atoms with E-state index in [4.69, 9.17) is 0 Å². The lowest BCUT2D eigenvalue weighted by Crippen LogP contribution is -2.38. The summed E-state index contributed by atoms with van der Waals surface area (Å²) in [5.74, 6) is -3.70. The third-order valence-corrected chi connectivity index (χ3v) is 5.45. The van der Waals surface area contributed by atoms with Crippen molar-refractivity contribution in [1.29, 1.82) is 0 Å². The highest BCUT2D eigenvalue weighted by atomic mass is 19.4. The zero-order valence-electron chi connectivity index (χ0n) is 18.0. The molecule has 3 rings (SSSR count). The number of H-pyrrole nitrogens is 1. The van der Waals surface area contributed by atoms with Crippen molar-refractivity contribution in [2.24, 2.45) is 0 Å². The molecule has 1 amide bonds. The van der Waals surface area contributed by atoms with E-state index < -0.39 is 23.9 Å². The number of benzene rings is 1. The molecule has 0 saturated carbocycles. The van der Waals surface area contributed by atoms with Gasteiger partial charge in [0.15, 0.2) is 0 Å². The Bertz CT molecular complexity index is 1120. The number of nitrogens with one attached hydrogen (secondary N) is 1. The van der Waals surface area contributed by atoms with Crippen LogP contribution < -0.4 is 5.56 Å². The predicted molar refractivity (Wildman–Crippen MR) is 108 cm³/mol. The normalized spacial score (nSPS) is 15.3. The number of aromatic nitrogens is 2. The quantitative estimate of drug-likeness (QED) is 0.689. The van der Waals surface area contributed by atoms with E-state index >= 15 is 0 Å². The Morgan fingerprint density at radius 3 is 2.55 bits per heavy atom. The maximum Gasteiger partial charge on any atom is 0.492 e. The molecule has 2 heterocycles. The van der Waals surface area contributed by atoms with Gasteiger partial charge in [0.25, 0.3) is 11.5 Å². The second-order valence-corrected chi connectivity index (χ2v) is 7.69. The van der Waals surface area contributed by atoms with Gasteiger partial charge in [-0.1, -0.05) is 6.07 Å². The minimum atomic E-state index is -5.12. The van der Waals surface area contributed by atoms with Crippen LogP contribution in [0.3, 0.4) is 0 Å². The van der Waals surface area contributed by atoms with Crippen molar-refractivity contribution in [3.8, 4) is 0 Å². The van der Waals surface area contributed by atoms with Crippen LogP contribution in [0.1, 0.15) is 39.2 Å². The van der Waals surface area contributed by atoms with Gasteiger partial charge in [0.2, 0.25) is 0 Å². The van der Waals surface area contributed by atoms with Crippen molar-refractivity contribution < 1.29 is 32.0 Å². The first-order valence-electron chi connectivity index (χ1n) is 10.1. The molecule has 0 atom stereocenters. The average Bonchev–Trinajstić information content (AvgIpc) is 3.00. The van der Waals surface area contributed by atoms with Gasteiger partial charge in [-0.25, -0.2) is 14.3 Å². The summed E-state index contributed by atoms with van der Waals surface area (Å²) in [7, 11) is 0. The maximum absolute atomic E-state index is 14.5. The summed E-state index contributed by atoms with van der Waals surface area (Å²) >= 11 is 0. The minimum absolute atomic E-state index is 0.00459. The van der Waals surface area contributed by atoms with Crippen molar-refractivity contribution in [2.45, 2.75) is 32.9 Å². The topological polar surface area (TPSA) is 95.6 Å². The lowest BCUT2D eigenvalue weighted by atomic mass is 10.0. The number of carbonyl (C=O) groups is 2. The Morgan fingerprint density at radius 1 is 1.12 bits per heavy atom. The number of hydrogen-bond donors (Lipinski definition) is 1. The summed E-state index contributed by atoms with van der Waals surface area (Å²) in [5.41, 5.74) is 1.89. The number of hydroxylamine groups is 2. The van der Waals surface area contributed by atoms with Crippen LogP contribution in [0.15, 0.2) is 23.0 Å². The molecule has 8 nitrogen and oxygen atoms in total. The Kier molecular flexibility index (Phi) is 7.15. The first kappa shape index (κ1) is 24.4. The van der Waals surface area contributed by atoms with Crippen molar-refractivity contribution in [3.63, 3.8) is 0 Å². The molecule has 2 aromatic rings. The Labute approximate surface area is 186 Å². The molecule has 1 N–H and O–H groups in total. The number of hydrogen-bond acceptors (Lipinski definition) is 6. The fraction of sp³-hybridized carbons (Fsp3) is 0.429. The van der Waals surface area contributed by atoms with Crippen LogP contribution in [0.4, 0.5) is 17.6 Å². The molecule has 1 fully saturated rings. The molecule has 0 bridgehead atoms. The van der Waals surface area contributed by atoms with Crippen molar-refractivity contribution >= 4 is 11.9 Å². The van der Waals surface area contributed by atoms with Crippen LogP contribution in [0.25, 0.3) is 0 Å². The second-order valence-electron chi connectivity index (χ2n) is 7.69. The smallest absolute Gasteiger partial charge is 0.361 e. The molecule has 0 unspecified atom stereocenters. The minimum Gasteiger partial charge on any atom is -0.361 e. The molecule has 0 radical (unpaired) electrons. The summed E-state index contributed by atoms with van der Waals surface area (Å²) in [5, 5.41) is 7.28. The maximum atomic E-state index is 14.5. The molecule has 1 aromatic carbocycles. The Balaban J connectivity index is 1.73. The Morgan fingerprint density at radius 2 is 1.85 bits per heavy atom. The summed E-state index contributed by atoms with van der Waals surface area (Å²) in [6.07, 6.45) is -4.63. The number of amides is 1. The molecular formula is C21H22F4N4O4. The van der Waals surface area contributed by atoms with E-state index in [1.165, 1.54) is 17.0 Å². The number of carbonyl (C=O) groups excluding carboxylic acids is 2. The van der Waals surface area contributed by atoms with Gasteiger partial charge in [-0.3, -0.25) is 9.59 Å². The summed E-state index contributed by atoms with van der Waals surface area (Å²) < 4.78 is 51.7. The van der Waals surface area contributed by atoms with E-state index in [0.717, 1.165) is 11.1 Å². The fourth-order valence-electron chi connectivity index (χ4n) is 3.41. The zero-order chi connectivity index (χ0) is 24.3. The summed E-state index contributed by atoms with van der Waals surface area (Å²) in [6, 6.07) is 4.06. The highest BCUT2D eigenvalue weighted by Crippen LogP contribution is 2.20.